The second kappa shape index (κ2) is 13.8. The molecule has 1 atom stereocenters. The molecule has 0 amide bonds. The average Bonchev–Trinajstić information content (AvgIpc) is 3.77. The summed E-state index contributed by atoms with van der Waals surface area (Å²) in [5.74, 6) is 0. The molecule has 0 spiro atoms. The normalized spacial score (nSPS) is 15.9. The highest BCUT2D eigenvalue weighted by atomic mass is 32.1. The third-order valence-electron chi connectivity index (χ3n) is 11.2. The van der Waals surface area contributed by atoms with Crippen molar-refractivity contribution >= 4 is 74.4 Å². The lowest BCUT2D eigenvalue weighted by Crippen LogP contribution is -2.37. The lowest BCUT2D eigenvalue weighted by molar-refractivity contribution is 0.451. The number of nitrogens with one attached hydrogen (secondary N) is 1. The lowest BCUT2D eigenvalue weighted by atomic mass is 9.90. The zero-order valence-corrected chi connectivity index (χ0v) is 32.8. The molecule has 1 unspecified atom stereocenters. The zero-order chi connectivity index (χ0) is 37.8. The Morgan fingerprint density at radius 3 is 1.71 bits per heavy atom. The molecule has 7 aromatic carbocycles. The molecule has 0 saturated heterocycles. The van der Waals surface area contributed by atoms with Gasteiger partial charge < -0.3 is 5.32 Å². The van der Waals surface area contributed by atoms with Crippen LogP contribution in [-0.2, 0) is 5.66 Å². The summed E-state index contributed by atoms with van der Waals surface area (Å²) in [6.45, 7) is 4.35. The molecule has 1 N–H and O–H groups in total. The number of fused-ring (bicyclic) bond motifs is 6. The van der Waals surface area contributed by atoms with Crippen molar-refractivity contribution in [2.45, 2.75) is 32.4 Å². The molecule has 3 heterocycles. The highest BCUT2D eigenvalue weighted by Gasteiger charge is 2.34. The van der Waals surface area contributed by atoms with Gasteiger partial charge in [0.15, 0.2) is 5.66 Å². The average molecular weight is 756 g/mol. The van der Waals surface area contributed by atoms with Crippen LogP contribution in [0.1, 0.15) is 48.9 Å². The fourth-order valence-electron chi connectivity index (χ4n) is 8.38. The molecular formula is C51H37N3S2. The van der Waals surface area contributed by atoms with Crippen molar-refractivity contribution in [1.82, 2.24) is 5.32 Å². The maximum Gasteiger partial charge on any atom is 0.154 e. The molecule has 0 saturated carbocycles. The van der Waals surface area contributed by atoms with Gasteiger partial charge in [0.2, 0.25) is 0 Å². The molecule has 0 aliphatic carbocycles. The molecule has 9 aromatic rings. The van der Waals surface area contributed by atoms with E-state index in [0.717, 1.165) is 45.6 Å². The summed E-state index contributed by atoms with van der Waals surface area (Å²) in [7, 11) is 0. The van der Waals surface area contributed by atoms with Crippen molar-refractivity contribution in [3.63, 3.8) is 0 Å². The van der Waals surface area contributed by atoms with Crippen LogP contribution in [0.5, 0.6) is 0 Å². The number of hydrogen-bond donors (Lipinski definition) is 1. The van der Waals surface area contributed by atoms with Crippen molar-refractivity contribution in [2.75, 3.05) is 0 Å². The number of rotatable bonds is 6. The van der Waals surface area contributed by atoms with Crippen LogP contribution in [0, 0.1) is 11.3 Å². The van der Waals surface area contributed by atoms with Gasteiger partial charge in [-0.3, -0.25) is 4.99 Å². The molecule has 10 rings (SSSR count). The van der Waals surface area contributed by atoms with Gasteiger partial charge in [-0.2, -0.15) is 5.26 Å². The van der Waals surface area contributed by atoms with Crippen LogP contribution in [0.4, 0.5) is 0 Å². The number of benzene rings is 7. The van der Waals surface area contributed by atoms with E-state index in [9.17, 15) is 5.26 Å². The lowest BCUT2D eigenvalue weighted by Gasteiger charge is -2.31. The summed E-state index contributed by atoms with van der Waals surface area (Å²) in [6.07, 6.45) is 1.52. The molecule has 0 fully saturated rings. The Morgan fingerprint density at radius 1 is 0.571 bits per heavy atom. The smallest absolute Gasteiger partial charge is 0.154 e. The van der Waals surface area contributed by atoms with Gasteiger partial charge in [-0.25, -0.2) is 0 Å². The first-order valence-electron chi connectivity index (χ1n) is 19.1. The topological polar surface area (TPSA) is 48.2 Å². The molecule has 0 radical (unpaired) electrons. The van der Waals surface area contributed by atoms with E-state index in [0.29, 0.717) is 12.0 Å². The summed E-state index contributed by atoms with van der Waals surface area (Å²) < 4.78 is 5.19. The van der Waals surface area contributed by atoms with Gasteiger partial charge in [0.1, 0.15) is 0 Å². The molecule has 2 aromatic heterocycles. The van der Waals surface area contributed by atoms with Crippen molar-refractivity contribution in [3.05, 3.63) is 186 Å². The third-order valence-corrected chi connectivity index (χ3v) is 13.5. The van der Waals surface area contributed by atoms with Gasteiger partial charge in [0, 0.05) is 63.7 Å². The van der Waals surface area contributed by atoms with E-state index in [1.54, 1.807) is 0 Å². The van der Waals surface area contributed by atoms with Gasteiger partial charge in [-0.15, -0.1) is 22.7 Å². The summed E-state index contributed by atoms with van der Waals surface area (Å²) >= 11 is 3.69. The van der Waals surface area contributed by atoms with Crippen LogP contribution >= 0.6 is 22.7 Å². The number of nitriles is 1. The Balaban J connectivity index is 1.21. The van der Waals surface area contributed by atoms with Gasteiger partial charge >= 0.3 is 0 Å². The van der Waals surface area contributed by atoms with Crippen LogP contribution in [0.15, 0.2) is 168 Å². The number of allylic oxidation sites excluding steroid dienone is 1. The minimum Gasteiger partial charge on any atom is -0.357 e. The maximum atomic E-state index is 10.3. The predicted molar refractivity (Wildman–Crippen MR) is 240 cm³/mol. The van der Waals surface area contributed by atoms with E-state index in [1.807, 2.05) is 53.0 Å². The molecule has 56 heavy (non-hydrogen) atoms. The second-order valence-electron chi connectivity index (χ2n) is 14.7. The van der Waals surface area contributed by atoms with Gasteiger partial charge in [0.25, 0.3) is 0 Å². The molecular weight excluding hydrogens is 719 g/mol. The molecule has 5 heteroatoms. The van der Waals surface area contributed by atoms with Gasteiger partial charge in [-0.05, 0) is 113 Å². The second-order valence-corrected chi connectivity index (χ2v) is 16.9. The quantitative estimate of drug-likeness (QED) is 0.184. The summed E-state index contributed by atoms with van der Waals surface area (Å²) in [4.78, 5) is 5.52. The van der Waals surface area contributed by atoms with E-state index < -0.39 is 5.66 Å². The fraction of sp³-hybridized carbons (Fsp3) is 0.0980. The molecule has 268 valence electrons. The zero-order valence-electron chi connectivity index (χ0n) is 31.1. The van der Waals surface area contributed by atoms with E-state index >= 15 is 0 Å². The summed E-state index contributed by atoms with van der Waals surface area (Å²) in [5.41, 5.74) is 10.7. The molecule has 0 bridgehead atoms. The Hall–Kier alpha value is -6.32. The van der Waals surface area contributed by atoms with Crippen LogP contribution in [0.25, 0.3) is 68.3 Å². The Bertz CT molecular complexity index is 2970. The molecule has 1 aliphatic rings. The van der Waals surface area contributed by atoms with E-state index in [1.165, 1.54) is 57.0 Å². The van der Waals surface area contributed by atoms with Crippen LogP contribution in [-0.4, -0.2) is 5.71 Å². The number of nitrogens with zero attached hydrogens (tertiary/aromatic N) is 2. The van der Waals surface area contributed by atoms with E-state index in [4.69, 9.17) is 4.99 Å². The number of aliphatic imine (C=N–C) groups is 1. The van der Waals surface area contributed by atoms with Crippen molar-refractivity contribution < 1.29 is 0 Å². The fourth-order valence-corrected chi connectivity index (χ4v) is 10.6. The standard InChI is InChI=1S/C51H37N3S2/c1-3-32-30-45(33-13-5-4-6-14-33)53-51(2,44-18-10-7-15-36(44)31-52)54-50(32)39-26-37(34-21-23-48-42(28-34)40-16-8-11-19-46(40)55-48)25-38(27-39)35-22-24-49-43(29-35)41-17-9-12-20-47(41)56-49/h4-29,54H,3,30H2,1-2H3. The Labute approximate surface area is 334 Å². The van der Waals surface area contributed by atoms with Crippen molar-refractivity contribution in [3.8, 4) is 28.3 Å². The predicted octanol–water partition coefficient (Wildman–Crippen LogP) is 14.1. The van der Waals surface area contributed by atoms with Crippen LogP contribution in [0.2, 0.25) is 0 Å². The van der Waals surface area contributed by atoms with Crippen molar-refractivity contribution in [1.29, 1.82) is 5.26 Å². The Morgan fingerprint density at radius 2 is 1.11 bits per heavy atom. The first-order chi connectivity index (χ1) is 27.5. The minimum atomic E-state index is -0.914. The Kier molecular flexibility index (Phi) is 8.40. The SMILES string of the molecule is CCC1=C(c2cc(-c3ccc4sc5ccccc5c4c3)cc(-c3ccc4sc5ccccc5c4c3)c2)NC(C)(c2ccccc2C#N)N=C(c2ccccc2)C1. The third kappa shape index (κ3) is 5.90. The largest absolute Gasteiger partial charge is 0.357 e. The van der Waals surface area contributed by atoms with Crippen LogP contribution in [0.3, 0.4) is 0 Å². The van der Waals surface area contributed by atoms with E-state index in [2.05, 4.69) is 153 Å². The number of thiophene rings is 2. The van der Waals surface area contributed by atoms with Gasteiger partial charge in [-0.1, -0.05) is 104 Å². The van der Waals surface area contributed by atoms with Crippen LogP contribution < -0.4 is 5.32 Å². The van der Waals surface area contributed by atoms with Gasteiger partial charge in [0.05, 0.1) is 11.6 Å². The van der Waals surface area contributed by atoms with E-state index in [-0.39, 0.29) is 0 Å². The maximum absolute atomic E-state index is 10.3. The summed E-state index contributed by atoms with van der Waals surface area (Å²) in [6, 6.07) is 59.1. The minimum absolute atomic E-state index is 0.611. The highest BCUT2D eigenvalue weighted by Crippen LogP contribution is 2.42. The monoisotopic (exact) mass is 755 g/mol. The van der Waals surface area contributed by atoms with Crippen molar-refractivity contribution in [2.24, 2.45) is 4.99 Å². The highest BCUT2D eigenvalue weighted by molar-refractivity contribution is 7.26. The summed E-state index contributed by atoms with van der Waals surface area (Å²) in [5, 5.41) is 19.5. The first-order valence-corrected chi connectivity index (χ1v) is 20.7. The molecule has 1 aliphatic heterocycles. The molecule has 3 nitrogen and oxygen atoms in total. The first kappa shape index (κ1) is 34.2. The number of hydrogen-bond acceptors (Lipinski definition) is 5.